The Morgan fingerprint density at radius 1 is 1.33 bits per heavy atom. The maximum Gasteiger partial charge on any atom is 0.372 e. The molecule has 1 aromatic carbocycles. The van der Waals surface area contributed by atoms with E-state index in [9.17, 15) is 13.6 Å². The molecule has 0 saturated carbocycles. The van der Waals surface area contributed by atoms with Crippen LogP contribution < -0.4 is 5.32 Å². The minimum absolute atomic E-state index is 0.0263. The van der Waals surface area contributed by atoms with Gasteiger partial charge in [-0.25, -0.2) is 13.6 Å². The summed E-state index contributed by atoms with van der Waals surface area (Å²) in [6.07, 6.45) is 1.22. The zero-order valence-electron chi connectivity index (χ0n) is 9.11. The molecule has 2 N–H and O–H groups in total. The predicted molar refractivity (Wildman–Crippen MR) is 59.4 cm³/mol. The summed E-state index contributed by atoms with van der Waals surface area (Å²) in [5.41, 5.74) is 0.318. The van der Waals surface area contributed by atoms with E-state index in [4.69, 9.17) is 9.52 Å². The van der Waals surface area contributed by atoms with Crippen LogP contribution in [0.25, 0.3) is 0 Å². The van der Waals surface area contributed by atoms with Gasteiger partial charge in [-0.15, -0.1) is 0 Å². The molecule has 0 bridgehead atoms. The molecule has 0 atom stereocenters. The monoisotopic (exact) mass is 253 g/mol. The fraction of sp³-hybridized carbons (Fsp3) is 0.0833. The quantitative estimate of drug-likeness (QED) is 0.879. The second-order valence-corrected chi connectivity index (χ2v) is 3.56. The first-order chi connectivity index (χ1) is 8.58. The van der Waals surface area contributed by atoms with Crippen molar-refractivity contribution in [3.8, 4) is 0 Å². The van der Waals surface area contributed by atoms with Gasteiger partial charge in [-0.2, -0.15) is 0 Å². The summed E-state index contributed by atoms with van der Waals surface area (Å²) < 4.78 is 31.0. The lowest BCUT2D eigenvalue weighted by Gasteiger charge is -2.06. The molecule has 0 saturated heterocycles. The topological polar surface area (TPSA) is 62.5 Å². The van der Waals surface area contributed by atoms with Crippen LogP contribution in [0.4, 0.5) is 14.5 Å². The van der Waals surface area contributed by atoms with Crippen LogP contribution in [-0.2, 0) is 6.54 Å². The minimum atomic E-state index is -1.21. The Labute approximate surface area is 101 Å². The highest BCUT2D eigenvalue weighted by atomic mass is 19.1. The number of furan rings is 1. The van der Waals surface area contributed by atoms with E-state index in [1.54, 1.807) is 0 Å². The largest absolute Gasteiger partial charge is 0.475 e. The summed E-state index contributed by atoms with van der Waals surface area (Å²) in [6.45, 7) is 0.0263. The second-order valence-electron chi connectivity index (χ2n) is 3.56. The molecule has 0 aliphatic rings. The molecule has 2 rings (SSSR count). The predicted octanol–water partition coefficient (Wildman–Crippen LogP) is 2.87. The van der Waals surface area contributed by atoms with Gasteiger partial charge in [0.05, 0.1) is 12.0 Å². The molecule has 0 fully saturated rings. The van der Waals surface area contributed by atoms with Crippen molar-refractivity contribution in [3.63, 3.8) is 0 Å². The van der Waals surface area contributed by atoms with Crippen LogP contribution in [0.2, 0.25) is 0 Å². The Hall–Kier alpha value is -2.37. The first-order valence-electron chi connectivity index (χ1n) is 5.06. The molecule has 0 radical (unpaired) electrons. The average Bonchev–Trinajstić information content (AvgIpc) is 2.79. The van der Waals surface area contributed by atoms with Gasteiger partial charge in [0.2, 0.25) is 5.76 Å². The van der Waals surface area contributed by atoms with E-state index >= 15 is 0 Å². The maximum atomic E-state index is 13.3. The molecule has 2 aromatic rings. The highest BCUT2D eigenvalue weighted by molar-refractivity contribution is 5.86. The molecule has 18 heavy (non-hydrogen) atoms. The third-order valence-corrected chi connectivity index (χ3v) is 2.34. The Bertz CT molecular complexity index is 580. The van der Waals surface area contributed by atoms with E-state index in [1.165, 1.54) is 12.3 Å². The van der Waals surface area contributed by atoms with Gasteiger partial charge >= 0.3 is 5.97 Å². The number of carboxylic acids is 1. The van der Waals surface area contributed by atoms with Gasteiger partial charge in [-0.05, 0) is 24.3 Å². The molecule has 6 heteroatoms. The van der Waals surface area contributed by atoms with Crippen LogP contribution in [-0.4, -0.2) is 11.1 Å². The number of hydrogen-bond donors (Lipinski definition) is 2. The molecule has 94 valence electrons. The van der Waals surface area contributed by atoms with Crippen molar-refractivity contribution in [2.45, 2.75) is 6.54 Å². The van der Waals surface area contributed by atoms with Crippen LogP contribution in [0.5, 0.6) is 0 Å². The Kier molecular flexibility index (Phi) is 3.27. The summed E-state index contributed by atoms with van der Waals surface area (Å²) in [5, 5.41) is 11.4. The van der Waals surface area contributed by atoms with E-state index in [-0.39, 0.29) is 18.0 Å². The number of rotatable bonds is 4. The Morgan fingerprint density at radius 2 is 2.11 bits per heavy atom. The van der Waals surface area contributed by atoms with Crippen molar-refractivity contribution >= 4 is 11.7 Å². The van der Waals surface area contributed by atoms with Gasteiger partial charge in [-0.1, -0.05) is 0 Å². The zero-order chi connectivity index (χ0) is 13.1. The number of hydrogen-bond acceptors (Lipinski definition) is 3. The third kappa shape index (κ3) is 2.48. The highest BCUT2D eigenvalue weighted by Gasteiger charge is 2.14. The maximum absolute atomic E-state index is 13.3. The van der Waals surface area contributed by atoms with Crippen LogP contribution in [0, 0.1) is 11.6 Å². The molecular formula is C12H9F2NO3. The molecule has 1 aromatic heterocycles. The van der Waals surface area contributed by atoms with Crippen LogP contribution in [0.3, 0.4) is 0 Å². The number of anilines is 1. The third-order valence-electron chi connectivity index (χ3n) is 2.34. The molecule has 1 heterocycles. The van der Waals surface area contributed by atoms with Crippen molar-refractivity contribution in [2.24, 2.45) is 0 Å². The van der Waals surface area contributed by atoms with Crippen LogP contribution >= 0.6 is 0 Å². The molecule has 0 spiro atoms. The lowest BCUT2D eigenvalue weighted by molar-refractivity contribution is 0.0661. The lowest BCUT2D eigenvalue weighted by Crippen LogP contribution is -2.05. The first kappa shape index (κ1) is 12.1. The molecule has 0 amide bonds. The van der Waals surface area contributed by atoms with Crippen LogP contribution in [0.15, 0.2) is 34.9 Å². The molecule has 0 unspecified atom stereocenters. The number of carboxylic acid groups (broad SMARTS) is 1. The Balaban J connectivity index is 2.14. The number of halogens is 2. The molecular weight excluding hydrogens is 244 g/mol. The standard InChI is InChI=1S/C12H9F2NO3/c13-8-1-2-9(14)10(5-8)15-6-7-3-4-18-11(7)12(16)17/h1-5,15H,6H2,(H,16,17). The lowest BCUT2D eigenvalue weighted by atomic mass is 10.2. The van der Waals surface area contributed by atoms with E-state index < -0.39 is 17.6 Å². The SMILES string of the molecule is O=C(O)c1occc1CNc1cc(F)ccc1F. The van der Waals surface area contributed by atoms with E-state index in [0.29, 0.717) is 5.56 Å². The van der Waals surface area contributed by atoms with E-state index in [0.717, 1.165) is 18.2 Å². The summed E-state index contributed by atoms with van der Waals surface area (Å²) in [4.78, 5) is 10.8. The summed E-state index contributed by atoms with van der Waals surface area (Å²) in [5.74, 6) is -2.63. The fourth-order valence-corrected chi connectivity index (χ4v) is 1.49. The molecule has 0 aliphatic carbocycles. The smallest absolute Gasteiger partial charge is 0.372 e. The van der Waals surface area contributed by atoms with Gasteiger partial charge in [0.1, 0.15) is 11.6 Å². The second kappa shape index (κ2) is 4.87. The van der Waals surface area contributed by atoms with Crippen molar-refractivity contribution < 1.29 is 23.1 Å². The van der Waals surface area contributed by atoms with Crippen molar-refractivity contribution in [1.29, 1.82) is 0 Å². The van der Waals surface area contributed by atoms with Gasteiger partial charge in [-0.3, -0.25) is 0 Å². The summed E-state index contributed by atoms with van der Waals surface area (Å²) in [6, 6.07) is 4.44. The number of aromatic carboxylic acids is 1. The summed E-state index contributed by atoms with van der Waals surface area (Å²) >= 11 is 0. The van der Waals surface area contributed by atoms with Crippen molar-refractivity contribution in [2.75, 3.05) is 5.32 Å². The summed E-state index contributed by atoms with van der Waals surface area (Å²) in [7, 11) is 0. The molecule has 0 aliphatic heterocycles. The fourth-order valence-electron chi connectivity index (χ4n) is 1.49. The van der Waals surface area contributed by atoms with Gasteiger partial charge in [0.15, 0.2) is 0 Å². The first-order valence-corrected chi connectivity index (χ1v) is 5.06. The van der Waals surface area contributed by atoms with E-state index in [2.05, 4.69) is 5.32 Å². The minimum Gasteiger partial charge on any atom is -0.475 e. The van der Waals surface area contributed by atoms with Gasteiger partial charge in [0, 0.05) is 12.1 Å². The van der Waals surface area contributed by atoms with Gasteiger partial charge < -0.3 is 14.8 Å². The van der Waals surface area contributed by atoms with Crippen LogP contribution in [0.1, 0.15) is 16.1 Å². The van der Waals surface area contributed by atoms with Crippen molar-refractivity contribution in [1.82, 2.24) is 0 Å². The van der Waals surface area contributed by atoms with Crippen molar-refractivity contribution in [3.05, 3.63) is 53.5 Å². The van der Waals surface area contributed by atoms with E-state index in [1.807, 2.05) is 0 Å². The Morgan fingerprint density at radius 3 is 2.83 bits per heavy atom. The molecule has 4 nitrogen and oxygen atoms in total. The van der Waals surface area contributed by atoms with Gasteiger partial charge in [0.25, 0.3) is 0 Å². The highest BCUT2D eigenvalue weighted by Crippen LogP contribution is 2.18. The number of nitrogens with one attached hydrogen (secondary N) is 1. The number of benzene rings is 1. The average molecular weight is 253 g/mol. The zero-order valence-corrected chi connectivity index (χ0v) is 9.11. The normalized spacial score (nSPS) is 10.3. The number of carbonyl (C=O) groups is 1.